The molecule has 1 N–H and O–H groups in total. The fourth-order valence-electron chi connectivity index (χ4n) is 2.27. The third kappa shape index (κ3) is 3.60. The predicted molar refractivity (Wildman–Crippen MR) is 83.8 cm³/mol. The van der Waals surface area contributed by atoms with Crippen molar-refractivity contribution in [2.45, 2.75) is 27.2 Å². The summed E-state index contributed by atoms with van der Waals surface area (Å²) in [4.78, 5) is 16.3. The number of carbonyl (C=O) groups is 1. The van der Waals surface area contributed by atoms with Crippen LogP contribution in [0.2, 0.25) is 0 Å². The molecule has 0 unspecified atom stereocenters. The number of nitrogens with one attached hydrogen (secondary N) is 1. The minimum absolute atomic E-state index is 0.0340. The maximum atomic E-state index is 12.1. The number of aromatic nitrogens is 1. The fraction of sp³-hybridized carbons (Fsp3) is 0.294. The molecule has 4 nitrogen and oxygen atoms in total. The van der Waals surface area contributed by atoms with Crippen molar-refractivity contribution in [3.63, 3.8) is 0 Å². The maximum absolute atomic E-state index is 12.1. The number of pyridine rings is 1. The summed E-state index contributed by atoms with van der Waals surface area (Å²) < 4.78 is 5.29. The van der Waals surface area contributed by atoms with E-state index in [0.717, 1.165) is 33.8 Å². The smallest absolute Gasteiger partial charge is 0.228 e. The summed E-state index contributed by atoms with van der Waals surface area (Å²) in [5.41, 5.74) is 4.83. The Bertz CT molecular complexity index is 666. The Morgan fingerprint density at radius 3 is 2.62 bits per heavy atom. The van der Waals surface area contributed by atoms with Crippen LogP contribution in [0, 0.1) is 20.8 Å². The number of amides is 1. The maximum Gasteiger partial charge on any atom is 0.228 e. The van der Waals surface area contributed by atoms with Crippen LogP contribution in [0.25, 0.3) is 0 Å². The average molecular weight is 284 g/mol. The molecule has 0 saturated carbocycles. The first kappa shape index (κ1) is 15.0. The summed E-state index contributed by atoms with van der Waals surface area (Å²) in [6, 6.07) is 7.49. The molecule has 1 heterocycles. The number of hydrogen-bond acceptors (Lipinski definition) is 3. The van der Waals surface area contributed by atoms with Crippen molar-refractivity contribution < 1.29 is 9.53 Å². The van der Waals surface area contributed by atoms with Crippen LogP contribution in [0.3, 0.4) is 0 Å². The molecule has 2 rings (SSSR count). The van der Waals surface area contributed by atoms with Gasteiger partial charge < -0.3 is 10.1 Å². The largest absolute Gasteiger partial charge is 0.496 e. The van der Waals surface area contributed by atoms with Crippen LogP contribution in [0.5, 0.6) is 5.75 Å². The van der Waals surface area contributed by atoms with Crippen LogP contribution < -0.4 is 10.1 Å². The van der Waals surface area contributed by atoms with Crippen LogP contribution in [0.1, 0.15) is 22.4 Å². The molecule has 0 aliphatic rings. The minimum atomic E-state index is -0.0340. The number of anilines is 1. The summed E-state index contributed by atoms with van der Waals surface area (Å²) in [5, 5.41) is 2.90. The number of aryl methyl sites for hydroxylation is 1. The Balaban J connectivity index is 2.11. The quantitative estimate of drug-likeness (QED) is 0.938. The second-order valence-electron chi connectivity index (χ2n) is 5.09. The van der Waals surface area contributed by atoms with Gasteiger partial charge in [-0.3, -0.25) is 9.78 Å². The van der Waals surface area contributed by atoms with Gasteiger partial charge in [-0.2, -0.15) is 0 Å². The average Bonchev–Trinajstić information content (AvgIpc) is 2.44. The molecule has 0 fully saturated rings. The normalized spacial score (nSPS) is 10.3. The van der Waals surface area contributed by atoms with Crippen LogP contribution in [-0.2, 0) is 11.2 Å². The van der Waals surface area contributed by atoms with E-state index in [0.29, 0.717) is 6.42 Å². The van der Waals surface area contributed by atoms with Crippen molar-refractivity contribution in [2.75, 3.05) is 12.4 Å². The van der Waals surface area contributed by atoms with Gasteiger partial charge in [0.25, 0.3) is 0 Å². The van der Waals surface area contributed by atoms with Crippen LogP contribution in [0.4, 0.5) is 5.69 Å². The highest BCUT2D eigenvalue weighted by atomic mass is 16.5. The number of benzene rings is 1. The molecule has 0 saturated heterocycles. The minimum Gasteiger partial charge on any atom is -0.496 e. The standard InChI is InChI=1S/C17H20N2O2/c1-11-9-15(7-8-18-11)19-17(20)10-14-5-6-16(21-4)13(3)12(14)2/h5-9H,10H2,1-4H3,(H,18,19,20). The SMILES string of the molecule is COc1ccc(CC(=O)Nc2ccnc(C)c2)c(C)c1C. The van der Waals surface area contributed by atoms with Crippen molar-refractivity contribution >= 4 is 11.6 Å². The third-order valence-corrected chi connectivity index (χ3v) is 3.60. The van der Waals surface area contributed by atoms with Gasteiger partial charge in [-0.15, -0.1) is 0 Å². The molecule has 110 valence electrons. The molecule has 2 aromatic rings. The first-order valence-corrected chi connectivity index (χ1v) is 6.87. The summed E-state index contributed by atoms with van der Waals surface area (Å²) in [6.45, 7) is 5.91. The van der Waals surface area contributed by atoms with Crippen LogP contribution in [-0.4, -0.2) is 18.0 Å². The lowest BCUT2D eigenvalue weighted by Crippen LogP contribution is -2.15. The molecule has 0 aliphatic carbocycles. The van der Waals surface area contributed by atoms with Gasteiger partial charge in [0.05, 0.1) is 13.5 Å². The molecule has 0 spiro atoms. The highest BCUT2D eigenvalue weighted by molar-refractivity contribution is 5.92. The Hall–Kier alpha value is -2.36. The molecule has 1 aromatic carbocycles. The van der Waals surface area contributed by atoms with Gasteiger partial charge in [-0.25, -0.2) is 0 Å². The van der Waals surface area contributed by atoms with Crippen molar-refractivity contribution in [2.24, 2.45) is 0 Å². The molecule has 1 amide bonds. The molecule has 0 bridgehead atoms. The summed E-state index contributed by atoms with van der Waals surface area (Å²) >= 11 is 0. The first-order valence-electron chi connectivity index (χ1n) is 6.87. The Labute approximate surface area is 125 Å². The van der Waals surface area contributed by atoms with Gasteiger partial charge >= 0.3 is 0 Å². The van der Waals surface area contributed by atoms with Gasteiger partial charge in [0.2, 0.25) is 5.91 Å². The number of nitrogens with zero attached hydrogens (tertiary/aromatic N) is 1. The zero-order valence-corrected chi connectivity index (χ0v) is 12.9. The lowest BCUT2D eigenvalue weighted by molar-refractivity contribution is -0.115. The van der Waals surface area contributed by atoms with Gasteiger partial charge in [-0.1, -0.05) is 6.07 Å². The van der Waals surface area contributed by atoms with E-state index in [4.69, 9.17) is 4.74 Å². The second-order valence-corrected chi connectivity index (χ2v) is 5.09. The van der Waals surface area contributed by atoms with Crippen LogP contribution in [0.15, 0.2) is 30.5 Å². The Kier molecular flexibility index (Phi) is 4.58. The van der Waals surface area contributed by atoms with Crippen LogP contribution >= 0.6 is 0 Å². The molecule has 4 heteroatoms. The molecule has 0 atom stereocenters. The molecule has 0 aliphatic heterocycles. The van der Waals surface area contributed by atoms with Crippen molar-refractivity contribution in [1.82, 2.24) is 4.98 Å². The van der Waals surface area contributed by atoms with Crippen molar-refractivity contribution in [3.05, 3.63) is 52.8 Å². The van der Waals surface area contributed by atoms with E-state index in [1.165, 1.54) is 0 Å². The van der Waals surface area contributed by atoms with Gasteiger partial charge in [0, 0.05) is 17.6 Å². The topological polar surface area (TPSA) is 51.2 Å². The number of ether oxygens (including phenoxy) is 1. The fourth-order valence-corrected chi connectivity index (χ4v) is 2.27. The monoisotopic (exact) mass is 284 g/mol. The zero-order chi connectivity index (χ0) is 15.4. The Morgan fingerprint density at radius 1 is 1.19 bits per heavy atom. The molecular weight excluding hydrogens is 264 g/mol. The number of hydrogen-bond donors (Lipinski definition) is 1. The van der Waals surface area contributed by atoms with E-state index in [9.17, 15) is 4.79 Å². The van der Waals surface area contributed by atoms with Gasteiger partial charge in [0.1, 0.15) is 5.75 Å². The third-order valence-electron chi connectivity index (χ3n) is 3.60. The van der Waals surface area contributed by atoms with Crippen molar-refractivity contribution in [1.29, 1.82) is 0 Å². The van der Waals surface area contributed by atoms with E-state index in [2.05, 4.69) is 10.3 Å². The zero-order valence-electron chi connectivity index (χ0n) is 12.9. The highest BCUT2D eigenvalue weighted by Gasteiger charge is 2.10. The summed E-state index contributed by atoms with van der Waals surface area (Å²) in [6.07, 6.45) is 2.03. The molecule has 1 aromatic heterocycles. The van der Waals surface area contributed by atoms with E-state index in [1.54, 1.807) is 19.4 Å². The molecule has 0 radical (unpaired) electrons. The lowest BCUT2D eigenvalue weighted by atomic mass is 10.00. The van der Waals surface area contributed by atoms with E-state index in [-0.39, 0.29) is 5.91 Å². The molecule has 21 heavy (non-hydrogen) atoms. The van der Waals surface area contributed by atoms with Gasteiger partial charge in [0.15, 0.2) is 0 Å². The van der Waals surface area contributed by atoms with Gasteiger partial charge in [-0.05, 0) is 55.7 Å². The molecular formula is C17H20N2O2. The first-order chi connectivity index (χ1) is 10.0. The van der Waals surface area contributed by atoms with E-state index in [1.807, 2.05) is 39.0 Å². The number of methoxy groups -OCH3 is 1. The predicted octanol–water partition coefficient (Wildman–Crippen LogP) is 3.20. The Morgan fingerprint density at radius 2 is 1.95 bits per heavy atom. The summed E-state index contributed by atoms with van der Waals surface area (Å²) in [7, 11) is 1.65. The number of rotatable bonds is 4. The van der Waals surface area contributed by atoms with Crippen molar-refractivity contribution in [3.8, 4) is 5.75 Å². The van der Waals surface area contributed by atoms with E-state index < -0.39 is 0 Å². The lowest BCUT2D eigenvalue weighted by Gasteiger charge is -2.12. The second kappa shape index (κ2) is 6.39. The highest BCUT2D eigenvalue weighted by Crippen LogP contribution is 2.24. The summed E-state index contributed by atoms with van der Waals surface area (Å²) in [5.74, 6) is 0.815. The van der Waals surface area contributed by atoms with E-state index >= 15 is 0 Å². The number of carbonyl (C=O) groups excluding carboxylic acids is 1.